The number of ether oxygens (including phenoxy) is 2. The second-order valence-electron chi connectivity index (χ2n) is 6.93. The van der Waals surface area contributed by atoms with Gasteiger partial charge in [-0.05, 0) is 30.4 Å². The van der Waals surface area contributed by atoms with Crippen LogP contribution in [-0.2, 0) is 14.3 Å². The van der Waals surface area contributed by atoms with Crippen molar-refractivity contribution in [3.8, 4) is 0 Å². The zero-order valence-electron chi connectivity index (χ0n) is 16.3. The van der Waals surface area contributed by atoms with Crippen LogP contribution in [0.4, 0.5) is 20.6 Å². The highest BCUT2D eigenvalue weighted by atomic mass is 32.2. The number of benzene rings is 1. The second kappa shape index (κ2) is 10.7. The van der Waals surface area contributed by atoms with Gasteiger partial charge in [-0.2, -0.15) is 0 Å². The molecule has 0 radical (unpaired) electrons. The molecule has 2 aliphatic rings. The Morgan fingerprint density at radius 2 is 2.14 bits per heavy atom. The number of nitrogens with two attached hydrogens (primary N) is 1. The van der Waals surface area contributed by atoms with E-state index in [1.165, 1.54) is 11.0 Å². The molecular formula is C19H27FN4O4S. The first kappa shape index (κ1) is 21.7. The summed E-state index contributed by atoms with van der Waals surface area (Å²) >= 11 is 1.66. The van der Waals surface area contributed by atoms with Crippen LogP contribution >= 0.6 is 11.8 Å². The van der Waals surface area contributed by atoms with Crippen molar-refractivity contribution in [1.82, 2.24) is 5.32 Å². The summed E-state index contributed by atoms with van der Waals surface area (Å²) in [6, 6.07) is 4.84. The topological polar surface area (TPSA) is 97.1 Å². The van der Waals surface area contributed by atoms with Gasteiger partial charge in [-0.15, -0.1) is 11.8 Å². The number of hydrogen-bond donors (Lipinski definition) is 2. The summed E-state index contributed by atoms with van der Waals surface area (Å²) < 4.78 is 25.3. The lowest BCUT2D eigenvalue weighted by atomic mass is 10.2. The van der Waals surface area contributed by atoms with Crippen molar-refractivity contribution in [1.29, 1.82) is 0 Å². The fourth-order valence-corrected chi connectivity index (χ4v) is 4.03. The van der Waals surface area contributed by atoms with Gasteiger partial charge in [0.2, 0.25) is 5.91 Å². The molecule has 2 saturated heterocycles. The predicted molar refractivity (Wildman–Crippen MR) is 111 cm³/mol. The summed E-state index contributed by atoms with van der Waals surface area (Å²) in [5, 5.41) is 3.22. The van der Waals surface area contributed by atoms with Gasteiger partial charge >= 0.3 is 6.09 Å². The lowest BCUT2D eigenvalue weighted by molar-refractivity contribution is -0.118. The minimum atomic E-state index is -0.468. The zero-order chi connectivity index (χ0) is 20.6. The Labute approximate surface area is 173 Å². The molecule has 160 valence electrons. The quantitative estimate of drug-likeness (QED) is 0.433. The van der Waals surface area contributed by atoms with E-state index in [2.05, 4.69) is 5.32 Å². The number of primary amides is 1. The van der Waals surface area contributed by atoms with E-state index in [1.54, 1.807) is 23.9 Å². The van der Waals surface area contributed by atoms with Gasteiger partial charge in [0.15, 0.2) is 0 Å². The van der Waals surface area contributed by atoms with Gasteiger partial charge in [0.25, 0.3) is 0 Å². The molecule has 0 spiro atoms. The average molecular weight is 427 g/mol. The molecule has 0 bridgehead atoms. The second-order valence-corrected chi connectivity index (χ2v) is 8.03. The molecule has 1 aromatic rings. The van der Waals surface area contributed by atoms with Crippen LogP contribution in [0.15, 0.2) is 18.2 Å². The van der Waals surface area contributed by atoms with E-state index in [4.69, 9.17) is 15.2 Å². The third-order valence-corrected chi connectivity index (χ3v) is 5.74. The number of cyclic esters (lactones) is 1. The van der Waals surface area contributed by atoms with Crippen molar-refractivity contribution in [3.05, 3.63) is 24.0 Å². The zero-order valence-corrected chi connectivity index (χ0v) is 17.1. The molecule has 1 aromatic carbocycles. The van der Waals surface area contributed by atoms with E-state index in [0.29, 0.717) is 63.1 Å². The van der Waals surface area contributed by atoms with Gasteiger partial charge in [0.1, 0.15) is 11.9 Å². The van der Waals surface area contributed by atoms with Gasteiger partial charge in [-0.3, -0.25) is 9.69 Å². The molecule has 10 heteroatoms. The fraction of sp³-hybridized carbons (Fsp3) is 0.579. The number of nitrogens with one attached hydrogen (secondary N) is 1. The molecule has 3 rings (SSSR count). The number of halogens is 1. The Morgan fingerprint density at radius 1 is 1.34 bits per heavy atom. The normalized spacial score (nSPS) is 19.5. The van der Waals surface area contributed by atoms with Gasteiger partial charge in [0.05, 0.1) is 31.1 Å². The predicted octanol–water partition coefficient (Wildman–Crippen LogP) is 1.53. The summed E-state index contributed by atoms with van der Waals surface area (Å²) in [5.74, 6) is 0.883. The average Bonchev–Trinajstić information content (AvgIpc) is 3.08. The molecule has 0 saturated carbocycles. The fourth-order valence-electron chi connectivity index (χ4n) is 3.28. The van der Waals surface area contributed by atoms with Crippen molar-refractivity contribution in [2.45, 2.75) is 18.9 Å². The van der Waals surface area contributed by atoms with Crippen LogP contribution < -0.4 is 20.9 Å². The number of rotatable bonds is 10. The lowest BCUT2D eigenvalue weighted by Gasteiger charge is -2.29. The van der Waals surface area contributed by atoms with Crippen molar-refractivity contribution >= 4 is 35.1 Å². The summed E-state index contributed by atoms with van der Waals surface area (Å²) in [7, 11) is 0. The molecule has 29 heavy (non-hydrogen) atoms. The third-order valence-electron chi connectivity index (χ3n) is 4.76. The molecule has 2 aliphatic heterocycles. The molecule has 2 fully saturated rings. The summed E-state index contributed by atoms with van der Waals surface area (Å²) in [6.45, 7) is 3.34. The largest absolute Gasteiger partial charge is 0.443 e. The van der Waals surface area contributed by atoms with E-state index in [1.807, 2.05) is 4.90 Å². The van der Waals surface area contributed by atoms with E-state index in [-0.39, 0.29) is 17.8 Å². The number of carbonyl (C=O) groups is 2. The first-order valence-electron chi connectivity index (χ1n) is 9.72. The minimum Gasteiger partial charge on any atom is -0.443 e. The Kier molecular flexibility index (Phi) is 7.96. The molecule has 3 N–H and O–H groups in total. The number of anilines is 2. The number of thioether (sulfide) groups is 1. The van der Waals surface area contributed by atoms with Gasteiger partial charge in [-0.1, -0.05) is 0 Å². The van der Waals surface area contributed by atoms with E-state index in [9.17, 15) is 14.0 Å². The highest BCUT2D eigenvalue weighted by molar-refractivity contribution is 7.99. The van der Waals surface area contributed by atoms with Crippen molar-refractivity contribution < 1.29 is 23.5 Å². The smallest absolute Gasteiger partial charge is 0.414 e. The number of amides is 2. The third kappa shape index (κ3) is 6.22. The summed E-state index contributed by atoms with van der Waals surface area (Å²) in [5.41, 5.74) is 6.12. The number of carbonyl (C=O) groups excluding carboxylic acids is 2. The van der Waals surface area contributed by atoms with Crippen LogP contribution in [0, 0.1) is 5.82 Å². The summed E-state index contributed by atoms with van der Waals surface area (Å²) in [6.07, 6.45) is 0.378. The SMILES string of the molecule is NC(=O)CCCSCNCC1CN(c2ccc(N3CCOCC3)c(F)c2)C(=O)O1. The van der Waals surface area contributed by atoms with Crippen LogP contribution in [0.25, 0.3) is 0 Å². The van der Waals surface area contributed by atoms with Crippen molar-refractivity contribution in [2.75, 3.05) is 60.8 Å². The maximum Gasteiger partial charge on any atom is 0.414 e. The van der Waals surface area contributed by atoms with Crippen LogP contribution in [0.3, 0.4) is 0 Å². The van der Waals surface area contributed by atoms with Gasteiger partial charge in [0, 0.05) is 31.9 Å². The number of hydrogen-bond acceptors (Lipinski definition) is 7. The lowest BCUT2D eigenvalue weighted by Crippen LogP contribution is -2.36. The molecule has 2 heterocycles. The first-order valence-corrected chi connectivity index (χ1v) is 10.9. The Morgan fingerprint density at radius 3 is 2.86 bits per heavy atom. The maximum absolute atomic E-state index is 14.6. The van der Waals surface area contributed by atoms with Crippen LogP contribution in [0.2, 0.25) is 0 Å². The van der Waals surface area contributed by atoms with E-state index >= 15 is 0 Å². The molecule has 1 atom stereocenters. The minimum absolute atomic E-state index is 0.286. The van der Waals surface area contributed by atoms with Crippen molar-refractivity contribution in [2.24, 2.45) is 5.73 Å². The first-order chi connectivity index (χ1) is 14.0. The van der Waals surface area contributed by atoms with E-state index in [0.717, 1.165) is 12.2 Å². The van der Waals surface area contributed by atoms with Gasteiger partial charge < -0.3 is 25.4 Å². The Hall–Kier alpha value is -2.04. The molecule has 0 aromatic heterocycles. The molecule has 2 amide bonds. The highest BCUT2D eigenvalue weighted by Crippen LogP contribution is 2.28. The maximum atomic E-state index is 14.6. The Balaban J connectivity index is 1.45. The standard InChI is InChI=1S/C19H27FN4O4S/c20-16-10-14(3-4-17(16)23-5-7-27-8-6-23)24-12-15(28-19(24)26)11-22-13-29-9-1-2-18(21)25/h3-4,10,15,22H,1-2,5-9,11-13H2,(H2,21,25). The highest BCUT2D eigenvalue weighted by Gasteiger charge is 2.32. The molecule has 8 nitrogen and oxygen atoms in total. The number of nitrogens with zero attached hydrogens (tertiary/aromatic N) is 2. The monoisotopic (exact) mass is 426 g/mol. The van der Waals surface area contributed by atoms with Crippen molar-refractivity contribution in [3.63, 3.8) is 0 Å². The Bertz CT molecular complexity index is 717. The number of morpholine rings is 1. The van der Waals surface area contributed by atoms with Crippen LogP contribution in [0.1, 0.15) is 12.8 Å². The van der Waals surface area contributed by atoms with Crippen LogP contribution in [0.5, 0.6) is 0 Å². The molecule has 1 unspecified atom stereocenters. The molecule has 0 aliphatic carbocycles. The van der Waals surface area contributed by atoms with Crippen LogP contribution in [-0.4, -0.2) is 69.1 Å². The van der Waals surface area contributed by atoms with E-state index < -0.39 is 6.09 Å². The summed E-state index contributed by atoms with van der Waals surface area (Å²) in [4.78, 5) is 26.3. The van der Waals surface area contributed by atoms with Gasteiger partial charge in [-0.25, -0.2) is 9.18 Å². The molecular weight excluding hydrogens is 399 g/mol.